The molecule has 9 heteroatoms. The molecule has 0 spiro atoms. The third kappa shape index (κ3) is 4.44. The zero-order chi connectivity index (χ0) is 23.5. The van der Waals surface area contributed by atoms with Crippen LogP contribution in [0.5, 0.6) is 5.75 Å². The maximum absolute atomic E-state index is 12.7. The molecule has 2 aromatic carbocycles. The maximum atomic E-state index is 12.7. The van der Waals surface area contributed by atoms with E-state index in [2.05, 4.69) is 5.32 Å². The van der Waals surface area contributed by atoms with E-state index >= 15 is 0 Å². The molecule has 168 valence electrons. The molecule has 0 aliphatic carbocycles. The number of thiophene rings is 1. The quantitative estimate of drug-likeness (QED) is 0.388. The molecule has 33 heavy (non-hydrogen) atoms. The van der Waals surface area contributed by atoms with Gasteiger partial charge in [0.2, 0.25) is 0 Å². The van der Waals surface area contributed by atoms with Crippen LogP contribution in [-0.2, 0) is 11.3 Å². The van der Waals surface area contributed by atoms with Gasteiger partial charge in [-0.1, -0.05) is 36.4 Å². The van der Waals surface area contributed by atoms with E-state index in [1.807, 2.05) is 42.5 Å². The Bertz CT molecular complexity index is 1370. The number of furan rings is 1. The maximum Gasteiger partial charge on any atom is 0.341 e. The Kier molecular flexibility index (Phi) is 6.14. The zero-order valence-electron chi connectivity index (χ0n) is 17.8. The first-order valence-corrected chi connectivity index (χ1v) is 10.7. The Morgan fingerprint density at radius 2 is 1.82 bits per heavy atom. The molecular weight excluding hydrogens is 444 g/mol. The van der Waals surface area contributed by atoms with Gasteiger partial charge in [-0.05, 0) is 36.1 Å². The van der Waals surface area contributed by atoms with Gasteiger partial charge in [-0.2, -0.15) is 0 Å². The van der Waals surface area contributed by atoms with Gasteiger partial charge in [0.1, 0.15) is 23.1 Å². The first-order chi connectivity index (χ1) is 15.9. The van der Waals surface area contributed by atoms with Gasteiger partial charge >= 0.3 is 5.97 Å². The molecule has 3 N–H and O–H groups in total. The minimum Gasteiger partial charge on any atom is -0.485 e. The number of methoxy groups -OCH3 is 1. The number of carbonyl (C=O) groups is 3. The number of primary amides is 1. The van der Waals surface area contributed by atoms with Crippen molar-refractivity contribution in [3.63, 3.8) is 0 Å². The number of anilines is 1. The average Bonchev–Trinajstić information content (AvgIpc) is 3.42. The molecule has 8 nitrogen and oxygen atoms in total. The summed E-state index contributed by atoms with van der Waals surface area (Å²) in [6.45, 7) is 1.69. The highest BCUT2D eigenvalue weighted by molar-refractivity contribution is 7.18. The smallest absolute Gasteiger partial charge is 0.341 e. The van der Waals surface area contributed by atoms with E-state index < -0.39 is 17.8 Å². The van der Waals surface area contributed by atoms with Gasteiger partial charge in [-0.3, -0.25) is 9.59 Å². The third-order valence-electron chi connectivity index (χ3n) is 4.99. The highest BCUT2D eigenvalue weighted by Gasteiger charge is 2.26. The van der Waals surface area contributed by atoms with Gasteiger partial charge in [0.05, 0.1) is 17.6 Å². The van der Waals surface area contributed by atoms with Crippen LogP contribution in [0.3, 0.4) is 0 Å². The molecule has 0 saturated heterocycles. The van der Waals surface area contributed by atoms with Gasteiger partial charge in [-0.15, -0.1) is 11.3 Å². The second kappa shape index (κ2) is 9.17. The predicted octanol–water partition coefficient (Wildman–Crippen LogP) is 4.52. The molecule has 0 unspecified atom stereocenters. The SMILES string of the molecule is COC(=O)c1c(NC(=O)c2ccc(COc3cccc4ccccc34)o2)sc(C(N)=O)c1C. The van der Waals surface area contributed by atoms with E-state index in [1.54, 1.807) is 13.0 Å². The van der Waals surface area contributed by atoms with Crippen molar-refractivity contribution in [2.75, 3.05) is 12.4 Å². The van der Waals surface area contributed by atoms with Crippen LogP contribution in [-0.4, -0.2) is 24.9 Å². The summed E-state index contributed by atoms with van der Waals surface area (Å²) in [5.74, 6) is -0.806. The summed E-state index contributed by atoms with van der Waals surface area (Å²) in [6, 6.07) is 16.8. The molecule has 4 aromatic rings. The summed E-state index contributed by atoms with van der Waals surface area (Å²) in [5, 5.41) is 4.79. The lowest BCUT2D eigenvalue weighted by Gasteiger charge is -2.08. The van der Waals surface area contributed by atoms with Crippen molar-refractivity contribution in [2.24, 2.45) is 5.73 Å². The second-order valence-corrected chi connectivity index (χ2v) is 8.12. The Morgan fingerprint density at radius 3 is 2.58 bits per heavy atom. The number of hydrogen-bond acceptors (Lipinski definition) is 7. The number of fused-ring (bicyclic) bond motifs is 1. The highest BCUT2D eigenvalue weighted by Crippen LogP contribution is 2.34. The number of nitrogens with one attached hydrogen (secondary N) is 1. The molecule has 0 atom stereocenters. The van der Waals surface area contributed by atoms with Crippen molar-refractivity contribution >= 4 is 44.9 Å². The first-order valence-electron chi connectivity index (χ1n) is 9.91. The first kappa shape index (κ1) is 22.1. The van der Waals surface area contributed by atoms with Crippen molar-refractivity contribution in [3.05, 3.63) is 82.1 Å². The van der Waals surface area contributed by atoms with Gasteiger partial charge in [-0.25, -0.2) is 4.79 Å². The van der Waals surface area contributed by atoms with Crippen molar-refractivity contribution in [3.8, 4) is 5.75 Å². The molecule has 2 aromatic heterocycles. The Morgan fingerprint density at radius 1 is 1.06 bits per heavy atom. The van der Waals surface area contributed by atoms with Crippen molar-refractivity contribution in [2.45, 2.75) is 13.5 Å². The normalized spacial score (nSPS) is 10.7. The van der Waals surface area contributed by atoms with E-state index in [-0.39, 0.29) is 27.8 Å². The van der Waals surface area contributed by atoms with Crippen LogP contribution in [0.15, 0.2) is 59.0 Å². The molecular formula is C24H20N2O6S. The van der Waals surface area contributed by atoms with E-state index in [1.165, 1.54) is 13.2 Å². The second-order valence-electron chi connectivity index (χ2n) is 7.10. The topological polar surface area (TPSA) is 121 Å². The summed E-state index contributed by atoms with van der Waals surface area (Å²) in [6.07, 6.45) is 0. The summed E-state index contributed by atoms with van der Waals surface area (Å²) < 4.78 is 16.3. The monoisotopic (exact) mass is 464 g/mol. The number of hydrogen-bond donors (Lipinski definition) is 2. The van der Waals surface area contributed by atoms with Gasteiger partial charge in [0.25, 0.3) is 11.8 Å². The summed E-state index contributed by atoms with van der Waals surface area (Å²) in [5.41, 5.74) is 5.80. The number of benzene rings is 2. The van der Waals surface area contributed by atoms with E-state index in [4.69, 9.17) is 19.6 Å². The predicted molar refractivity (Wildman–Crippen MR) is 124 cm³/mol. The van der Waals surface area contributed by atoms with E-state index in [0.29, 0.717) is 17.1 Å². The van der Waals surface area contributed by atoms with Crippen LogP contribution in [0, 0.1) is 6.92 Å². The molecule has 2 amide bonds. The molecule has 0 bridgehead atoms. The Labute approximate surface area is 192 Å². The van der Waals surface area contributed by atoms with Crippen LogP contribution >= 0.6 is 11.3 Å². The lowest BCUT2D eigenvalue weighted by atomic mass is 10.1. The number of rotatable bonds is 7. The van der Waals surface area contributed by atoms with E-state index in [9.17, 15) is 14.4 Å². The van der Waals surface area contributed by atoms with E-state index in [0.717, 1.165) is 22.1 Å². The summed E-state index contributed by atoms with van der Waals surface area (Å²) >= 11 is 0.903. The average molecular weight is 464 g/mol. The molecule has 2 heterocycles. The summed E-state index contributed by atoms with van der Waals surface area (Å²) in [4.78, 5) is 36.7. The fourth-order valence-electron chi connectivity index (χ4n) is 3.40. The largest absolute Gasteiger partial charge is 0.485 e. The molecule has 0 aliphatic heterocycles. The van der Waals surface area contributed by atoms with Crippen molar-refractivity contribution < 1.29 is 28.3 Å². The number of amides is 2. The molecule has 0 fully saturated rings. The minimum atomic E-state index is -0.700. The molecule has 0 aliphatic rings. The molecule has 4 rings (SSSR count). The number of nitrogens with two attached hydrogens (primary N) is 1. The third-order valence-corrected chi connectivity index (χ3v) is 6.21. The standard InChI is InChI=1S/C24H20N2O6S/c1-13-19(24(29)30-2)23(33-20(13)21(25)27)26-22(28)18-11-10-15(32-18)12-31-17-9-5-7-14-6-3-4-8-16(14)17/h3-11H,12H2,1-2H3,(H2,25,27)(H,26,28). The lowest BCUT2D eigenvalue weighted by Crippen LogP contribution is -2.14. The van der Waals surface area contributed by atoms with Crippen LogP contribution < -0.4 is 15.8 Å². The summed E-state index contributed by atoms with van der Waals surface area (Å²) in [7, 11) is 1.21. The fraction of sp³-hybridized carbons (Fsp3) is 0.125. The molecule has 0 saturated carbocycles. The van der Waals surface area contributed by atoms with Gasteiger partial charge < -0.3 is 24.9 Å². The van der Waals surface area contributed by atoms with Crippen LogP contribution in [0.1, 0.15) is 41.9 Å². The number of esters is 1. The molecule has 0 radical (unpaired) electrons. The highest BCUT2D eigenvalue weighted by atomic mass is 32.1. The Hall–Kier alpha value is -4.11. The Balaban J connectivity index is 1.50. The van der Waals surface area contributed by atoms with Crippen LogP contribution in [0.2, 0.25) is 0 Å². The zero-order valence-corrected chi connectivity index (χ0v) is 18.7. The van der Waals surface area contributed by atoms with Crippen molar-refractivity contribution in [1.29, 1.82) is 0 Å². The van der Waals surface area contributed by atoms with Crippen LogP contribution in [0.4, 0.5) is 5.00 Å². The minimum absolute atomic E-state index is 0.0222. The van der Waals surface area contributed by atoms with Gasteiger partial charge in [0, 0.05) is 5.39 Å². The number of carbonyl (C=O) groups excluding carboxylic acids is 3. The van der Waals surface area contributed by atoms with Crippen LogP contribution in [0.25, 0.3) is 10.8 Å². The van der Waals surface area contributed by atoms with Gasteiger partial charge in [0.15, 0.2) is 5.76 Å². The fourth-order valence-corrected chi connectivity index (χ4v) is 4.44. The number of ether oxygens (including phenoxy) is 2. The van der Waals surface area contributed by atoms with Crippen molar-refractivity contribution in [1.82, 2.24) is 0 Å². The lowest BCUT2D eigenvalue weighted by molar-refractivity contribution is 0.0601.